The predicted octanol–water partition coefficient (Wildman–Crippen LogP) is 2.86. The van der Waals surface area contributed by atoms with Crippen LogP contribution in [-0.4, -0.2) is 39.5 Å². The maximum absolute atomic E-state index is 12.7. The Bertz CT molecular complexity index is 748. The largest absolute Gasteiger partial charge is 0.480 e. The van der Waals surface area contributed by atoms with Crippen molar-refractivity contribution < 1.29 is 14.7 Å². The number of nitrogens with one attached hydrogen (secondary N) is 1. The molecule has 116 valence electrons. The maximum atomic E-state index is 12.7. The minimum absolute atomic E-state index is 0.222. The van der Waals surface area contributed by atoms with Crippen molar-refractivity contribution in [3.8, 4) is 0 Å². The van der Waals surface area contributed by atoms with Gasteiger partial charge in [-0.1, -0.05) is 6.07 Å². The number of piperidine rings is 1. The Kier molecular flexibility index (Phi) is 3.64. The summed E-state index contributed by atoms with van der Waals surface area (Å²) >= 11 is 0. The van der Waals surface area contributed by atoms with E-state index in [1.165, 1.54) is 10.5 Å². The Labute approximate surface area is 128 Å². The van der Waals surface area contributed by atoms with E-state index in [-0.39, 0.29) is 5.91 Å². The highest BCUT2D eigenvalue weighted by molar-refractivity contribution is 6.00. The lowest BCUT2D eigenvalue weighted by atomic mass is 10.0. The maximum Gasteiger partial charge on any atom is 0.326 e. The van der Waals surface area contributed by atoms with E-state index in [4.69, 9.17) is 0 Å². The molecule has 1 unspecified atom stereocenters. The van der Waals surface area contributed by atoms with Crippen molar-refractivity contribution >= 4 is 22.8 Å². The highest BCUT2D eigenvalue weighted by Gasteiger charge is 2.33. The number of hydrogen-bond acceptors (Lipinski definition) is 2. The van der Waals surface area contributed by atoms with E-state index in [1.807, 2.05) is 32.0 Å². The average Bonchev–Trinajstić information content (AvgIpc) is 2.95. The number of rotatable bonds is 2. The van der Waals surface area contributed by atoms with Crippen molar-refractivity contribution in [2.24, 2.45) is 0 Å². The molecule has 0 bridgehead atoms. The Morgan fingerprint density at radius 2 is 2.05 bits per heavy atom. The third-order valence-corrected chi connectivity index (χ3v) is 4.62. The van der Waals surface area contributed by atoms with Crippen molar-refractivity contribution in [3.63, 3.8) is 0 Å². The van der Waals surface area contributed by atoms with Gasteiger partial charge in [-0.25, -0.2) is 4.79 Å². The fraction of sp³-hybridized carbons (Fsp3) is 0.412. The molecule has 5 nitrogen and oxygen atoms in total. The summed E-state index contributed by atoms with van der Waals surface area (Å²) in [7, 11) is 0. The van der Waals surface area contributed by atoms with Gasteiger partial charge in [0.05, 0.1) is 0 Å². The molecule has 1 saturated heterocycles. The minimum Gasteiger partial charge on any atom is -0.480 e. The first kappa shape index (κ1) is 14.6. The molecule has 0 aliphatic carbocycles. The number of carboxylic acids is 1. The summed E-state index contributed by atoms with van der Waals surface area (Å²) < 4.78 is 0. The van der Waals surface area contributed by atoms with Crippen molar-refractivity contribution in [1.29, 1.82) is 0 Å². The van der Waals surface area contributed by atoms with E-state index in [2.05, 4.69) is 4.98 Å². The molecule has 1 amide bonds. The fourth-order valence-corrected chi connectivity index (χ4v) is 3.16. The van der Waals surface area contributed by atoms with Gasteiger partial charge in [0.15, 0.2) is 0 Å². The summed E-state index contributed by atoms with van der Waals surface area (Å²) in [5, 5.41) is 10.3. The molecule has 2 heterocycles. The zero-order valence-electron chi connectivity index (χ0n) is 12.8. The normalized spacial score (nSPS) is 18.6. The molecule has 1 aliphatic heterocycles. The number of carbonyl (C=O) groups excluding carboxylic acids is 1. The third kappa shape index (κ3) is 2.36. The molecule has 5 heteroatoms. The molecular weight excluding hydrogens is 280 g/mol. The number of benzene rings is 1. The van der Waals surface area contributed by atoms with Gasteiger partial charge in [0.1, 0.15) is 11.7 Å². The molecule has 1 aromatic carbocycles. The first-order chi connectivity index (χ1) is 10.5. The van der Waals surface area contributed by atoms with Crippen LogP contribution in [0.15, 0.2) is 18.2 Å². The fourth-order valence-electron chi connectivity index (χ4n) is 3.16. The summed E-state index contributed by atoms with van der Waals surface area (Å²) in [4.78, 5) is 28.7. The van der Waals surface area contributed by atoms with Crippen LogP contribution in [0, 0.1) is 13.8 Å². The molecule has 1 aromatic heterocycles. The Balaban J connectivity index is 1.97. The molecular formula is C17H20N2O3. The molecule has 1 atom stereocenters. The van der Waals surface area contributed by atoms with Crippen LogP contribution in [0.4, 0.5) is 0 Å². The topological polar surface area (TPSA) is 73.4 Å². The molecule has 3 rings (SSSR count). The van der Waals surface area contributed by atoms with Gasteiger partial charge in [0, 0.05) is 17.4 Å². The second-order valence-electron chi connectivity index (χ2n) is 6.00. The molecule has 1 aliphatic rings. The van der Waals surface area contributed by atoms with E-state index in [9.17, 15) is 14.7 Å². The lowest BCUT2D eigenvalue weighted by molar-refractivity contribution is -0.143. The molecule has 0 spiro atoms. The smallest absolute Gasteiger partial charge is 0.326 e. The number of likely N-dealkylation sites (tertiary alicyclic amines) is 1. The average molecular weight is 300 g/mol. The van der Waals surface area contributed by atoms with Gasteiger partial charge in [-0.2, -0.15) is 0 Å². The van der Waals surface area contributed by atoms with Crippen LogP contribution in [0.2, 0.25) is 0 Å². The number of fused-ring (bicyclic) bond motifs is 1. The standard InChI is InChI=1S/C17H20N2O3/c1-10-6-7-13-12(11(10)2)9-14(18-13)16(20)19-8-4-3-5-15(19)17(21)22/h6-7,9,15,18H,3-5,8H2,1-2H3,(H,21,22). The van der Waals surface area contributed by atoms with E-state index in [0.717, 1.165) is 29.3 Å². The molecule has 2 N–H and O–H groups in total. The van der Waals surface area contributed by atoms with Crippen LogP contribution in [0.1, 0.15) is 40.9 Å². The predicted molar refractivity (Wildman–Crippen MR) is 84.1 cm³/mol. The van der Waals surface area contributed by atoms with Crippen LogP contribution in [0.25, 0.3) is 10.9 Å². The second-order valence-corrected chi connectivity index (χ2v) is 6.00. The summed E-state index contributed by atoms with van der Waals surface area (Å²) in [5.74, 6) is -1.14. The summed E-state index contributed by atoms with van der Waals surface area (Å²) in [6.07, 6.45) is 2.24. The summed E-state index contributed by atoms with van der Waals surface area (Å²) in [5.41, 5.74) is 3.69. The van der Waals surface area contributed by atoms with Crippen molar-refractivity contribution in [1.82, 2.24) is 9.88 Å². The van der Waals surface area contributed by atoms with Gasteiger partial charge >= 0.3 is 5.97 Å². The molecule has 2 aromatic rings. The number of H-pyrrole nitrogens is 1. The molecule has 0 radical (unpaired) electrons. The zero-order valence-corrected chi connectivity index (χ0v) is 12.8. The zero-order chi connectivity index (χ0) is 15.9. The van der Waals surface area contributed by atoms with Crippen LogP contribution in [-0.2, 0) is 4.79 Å². The molecule has 1 fully saturated rings. The highest BCUT2D eigenvalue weighted by atomic mass is 16.4. The monoisotopic (exact) mass is 300 g/mol. The SMILES string of the molecule is Cc1ccc2[nH]c(C(=O)N3CCCCC3C(=O)O)cc2c1C. The number of aromatic amines is 1. The number of aromatic nitrogens is 1. The van der Waals surface area contributed by atoms with Gasteiger partial charge in [0.2, 0.25) is 0 Å². The minimum atomic E-state index is -0.920. The lowest BCUT2D eigenvalue weighted by Crippen LogP contribution is -2.48. The van der Waals surface area contributed by atoms with E-state index in [0.29, 0.717) is 18.7 Å². The van der Waals surface area contributed by atoms with Gasteiger partial charge in [0.25, 0.3) is 5.91 Å². The molecule has 0 saturated carbocycles. The van der Waals surface area contributed by atoms with Gasteiger partial charge in [-0.05, 0) is 56.4 Å². The number of aryl methyl sites for hydroxylation is 2. The number of aliphatic carboxylic acids is 1. The lowest BCUT2D eigenvalue weighted by Gasteiger charge is -2.32. The van der Waals surface area contributed by atoms with Crippen LogP contribution >= 0.6 is 0 Å². The Morgan fingerprint density at radius 1 is 1.27 bits per heavy atom. The third-order valence-electron chi connectivity index (χ3n) is 4.62. The van der Waals surface area contributed by atoms with Gasteiger partial charge < -0.3 is 15.0 Å². The van der Waals surface area contributed by atoms with Crippen LogP contribution in [0.3, 0.4) is 0 Å². The number of nitrogens with zero attached hydrogens (tertiary/aromatic N) is 1. The Hall–Kier alpha value is -2.30. The highest BCUT2D eigenvalue weighted by Crippen LogP contribution is 2.25. The number of amides is 1. The number of hydrogen-bond donors (Lipinski definition) is 2. The first-order valence-electron chi connectivity index (χ1n) is 7.61. The van der Waals surface area contributed by atoms with Crippen LogP contribution < -0.4 is 0 Å². The summed E-state index contributed by atoms with van der Waals surface area (Å²) in [6, 6.07) is 5.10. The van der Waals surface area contributed by atoms with Crippen molar-refractivity contribution in [2.75, 3.05) is 6.54 Å². The van der Waals surface area contributed by atoms with E-state index >= 15 is 0 Å². The van der Waals surface area contributed by atoms with E-state index in [1.54, 1.807) is 0 Å². The summed E-state index contributed by atoms with van der Waals surface area (Å²) in [6.45, 7) is 4.57. The van der Waals surface area contributed by atoms with Gasteiger partial charge in [-0.15, -0.1) is 0 Å². The van der Waals surface area contributed by atoms with Crippen LogP contribution in [0.5, 0.6) is 0 Å². The number of carbonyl (C=O) groups is 2. The Morgan fingerprint density at radius 3 is 2.77 bits per heavy atom. The first-order valence-corrected chi connectivity index (χ1v) is 7.61. The van der Waals surface area contributed by atoms with Crippen molar-refractivity contribution in [3.05, 3.63) is 35.0 Å². The van der Waals surface area contributed by atoms with Gasteiger partial charge in [-0.3, -0.25) is 4.79 Å². The quantitative estimate of drug-likeness (QED) is 0.895. The number of carboxylic acid groups (broad SMARTS) is 1. The molecule has 22 heavy (non-hydrogen) atoms. The van der Waals surface area contributed by atoms with Crippen molar-refractivity contribution in [2.45, 2.75) is 39.2 Å². The second kappa shape index (κ2) is 5.48. The van der Waals surface area contributed by atoms with E-state index < -0.39 is 12.0 Å².